The first-order valence-corrected chi connectivity index (χ1v) is 8.68. The zero-order valence-electron chi connectivity index (χ0n) is 14.2. The molecule has 0 N–H and O–H groups in total. The molecular formula is C16H30F2O2S. The third-order valence-electron chi connectivity index (χ3n) is 2.68. The van der Waals surface area contributed by atoms with Crippen LogP contribution >= 0.6 is 11.8 Å². The number of rotatable bonds is 9. The first kappa shape index (κ1) is 20.7. The summed E-state index contributed by atoms with van der Waals surface area (Å²) in [7, 11) is 0. The summed E-state index contributed by atoms with van der Waals surface area (Å²) in [4.78, 5) is 12.2. The van der Waals surface area contributed by atoms with Crippen LogP contribution in [0.4, 0.5) is 8.78 Å². The van der Waals surface area contributed by atoms with Gasteiger partial charge in [0.1, 0.15) is 10.9 Å². The summed E-state index contributed by atoms with van der Waals surface area (Å²) < 4.78 is 30.9. The van der Waals surface area contributed by atoms with E-state index in [0.29, 0.717) is 24.5 Å². The Kier molecular flexibility index (Phi) is 8.83. The molecule has 0 amide bonds. The summed E-state index contributed by atoms with van der Waals surface area (Å²) in [6.45, 7) is 10.6. The van der Waals surface area contributed by atoms with Gasteiger partial charge in [-0.05, 0) is 58.6 Å². The van der Waals surface area contributed by atoms with E-state index in [1.54, 1.807) is 0 Å². The lowest BCUT2D eigenvalue weighted by molar-refractivity contribution is -0.154. The number of thioether (sulfide) groups is 1. The molecule has 0 radical (unpaired) electrons. The maximum Gasteiger partial charge on any atom is 0.319 e. The first-order valence-electron chi connectivity index (χ1n) is 7.63. The van der Waals surface area contributed by atoms with Crippen LogP contribution in [0.15, 0.2) is 0 Å². The van der Waals surface area contributed by atoms with Crippen molar-refractivity contribution in [3.05, 3.63) is 0 Å². The number of esters is 1. The fourth-order valence-corrected chi connectivity index (χ4v) is 3.15. The molecule has 0 bridgehead atoms. The molecule has 0 heterocycles. The van der Waals surface area contributed by atoms with Crippen molar-refractivity contribution in [2.75, 3.05) is 5.75 Å². The molecule has 0 aliphatic heterocycles. The fraction of sp³-hybridized carbons (Fsp3) is 0.938. The Hall–Kier alpha value is -0.320. The third kappa shape index (κ3) is 13.1. The molecule has 0 fully saturated rings. The number of halogens is 2. The molecule has 0 rings (SSSR count). The van der Waals surface area contributed by atoms with E-state index in [2.05, 4.69) is 13.8 Å². The Morgan fingerprint density at radius 1 is 1.14 bits per heavy atom. The van der Waals surface area contributed by atoms with Gasteiger partial charge in [-0.25, -0.2) is 8.78 Å². The van der Waals surface area contributed by atoms with Crippen LogP contribution in [-0.4, -0.2) is 28.5 Å². The van der Waals surface area contributed by atoms with Crippen LogP contribution in [0.5, 0.6) is 0 Å². The van der Waals surface area contributed by atoms with Crippen molar-refractivity contribution in [3.63, 3.8) is 0 Å². The van der Waals surface area contributed by atoms with E-state index in [-0.39, 0.29) is 17.6 Å². The van der Waals surface area contributed by atoms with Crippen LogP contribution in [0.25, 0.3) is 0 Å². The molecule has 0 aromatic carbocycles. The highest BCUT2D eigenvalue weighted by molar-refractivity contribution is 8.00. The van der Waals surface area contributed by atoms with Crippen LogP contribution in [0.2, 0.25) is 0 Å². The quantitative estimate of drug-likeness (QED) is 0.425. The van der Waals surface area contributed by atoms with Gasteiger partial charge in [-0.2, -0.15) is 0 Å². The average molecular weight is 324 g/mol. The molecule has 1 unspecified atom stereocenters. The highest BCUT2D eigenvalue weighted by Crippen LogP contribution is 2.26. The molecule has 0 aliphatic rings. The summed E-state index contributed by atoms with van der Waals surface area (Å²) in [5.74, 6) is -1.67. The highest BCUT2D eigenvalue weighted by Gasteiger charge is 2.26. The van der Waals surface area contributed by atoms with Crippen molar-refractivity contribution in [2.24, 2.45) is 5.92 Å². The van der Waals surface area contributed by atoms with Gasteiger partial charge in [-0.3, -0.25) is 4.79 Å². The second-order valence-corrected chi connectivity index (χ2v) is 8.36. The van der Waals surface area contributed by atoms with Gasteiger partial charge < -0.3 is 4.74 Å². The summed E-state index contributed by atoms with van der Waals surface area (Å²) in [5.41, 5.74) is -0.489. The topological polar surface area (TPSA) is 26.3 Å². The zero-order valence-corrected chi connectivity index (χ0v) is 15.0. The van der Waals surface area contributed by atoms with E-state index in [0.717, 1.165) is 13.3 Å². The van der Waals surface area contributed by atoms with Crippen LogP contribution in [0.1, 0.15) is 67.2 Å². The van der Waals surface area contributed by atoms with Gasteiger partial charge in [0, 0.05) is 6.42 Å². The average Bonchev–Trinajstić information content (AvgIpc) is 2.22. The van der Waals surface area contributed by atoms with Crippen molar-refractivity contribution in [2.45, 2.75) is 84.0 Å². The van der Waals surface area contributed by atoms with Crippen molar-refractivity contribution in [1.29, 1.82) is 0 Å². The van der Waals surface area contributed by atoms with E-state index in [1.165, 1.54) is 11.8 Å². The number of unbranched alkanes of at least 4 members (excludes halogenated alkanes) is 1. The van der Waals surface area contributed by atoms with Gasteiger partial charge in [0.05, 0.1) is 0 Å². The maximum absolute atomic E-state index is 12.7. The summed E-state index contributed by atoms with van der Waals surface area (Å²) in [6, 6.07) is 0. The molecule has 0 spiro atoms. The molecular weight excluding hydrogens is 294 g/mol. The van der Waals surface area contributed by atoms with E-state index < -0.39 is 11.5 Å². The number of alkyl halides is 2. The number of carbonyl (C=O) groups is 1. The molecule has 5 heteroatoms. The van der Waals surface area contributed by atoms with E-state index >= 15 is 0 Å². The molecule has 0 aliphatic carbocycles. The van der Waals surface area contributed by atoms with Crippen LogP contribution in [-0.2, 0) is 9.53 Å². The predicted molar refractivity (Wildman–Crippen MR) is 86.0 cm³/mol. The Morgan fingerprint density at radius 2 is 1.71 bits per heavy atom. The van der Waals surface area contributed by atoms with Crippen molar-refractivity contribution in [3.8, 4) is 0 Å². The minimum atomic E-state index is -2.59. The van der Waals surface area contributed by atoms with Crippen molar-refractivity contribution >= 4 is 17.7 Å². The summed E-state index contributed by atoms with van der Waals surface area (Å²) >= 11 is 1.53. The lowest BCUT2D eigenvalue weighted by Gasteiger charge is -2.24. The number of ether oxygens (including phenoxy) is 1. The molecule has 2 nitrogen and oxygen atoms in total. The lowest BCUT2D eigenvalue weighted by atomic mass is 10.1. The number of hydrogen-bond acceptors (Lipinski definition) is 3. The third-order valence-corrected chi connectivity index (χ3v) is 4.00. The first-order chi connectivity index (χ1) is 9.41. The fourth-order valence-electron chi connectivity index (χ4n) is 1.79. The van der Waals surface area contributed by atoms with Crippen molar-refractivity contribution < 1.29 is 18.3 Å². The molecule has 1 atom stereocenters. The second kappa shape index (κ2) is 8.96. The standard InChI is InChI=1S/C16H30F2O2S/c1-12(2)11-13(14(19)20-15(3,4)5)21-10-8-7-9-16(6,17)18/h12-13H,7-11H2,1-6H3. The Bertz CT molecular complexity index is 306. The Morgan fingerprint density at radius 3 is 2.14 bits per heavy atom. The second-order valence-electron chi connectivity index (χ2n) is 7.05. The zero-order chi connectivity index (χ0) is 16.7. The Labute approximate surface area is 132 Å². The molecule has 0 saturated carbocycles. The van der Waals surface area contributed by atoms with Gasteiger partial charge >= 0.3 is 5.97 Å². The minimum absolute atomic E-state index is 0.0884. The largest absolute Gasteiger partial charge is 0.459 e. The maximum atomic E-state index is 12.7. The minimum Gasteiger partial charge on any atom is -0.459 e. The summed E-state index contributed by atoms with van der Waals surface area (Å²) in [6.07, 6.45) is 1.85. The van der Waals surface area contributed by atoms with Gasteiger partial charge in [0.15, 0.2) is 0 Å². The van der Waals surface area contributed by atoms with Gasteiger partial charge in [0.25, 0.3) is 0 Å². The van der Waals surface area contributed by atoms with Crippen molar-refractivity contribution in [1.82, 2.24) is 0 Å². The lowest BCUT2D eigenvalue weighted by Crippen LogP contribution is -2.31. The van der Waals surface area contributed by atoms with Crippen LogP contribution in [0.3, 0.4) is 0 Å². The number of hydrogen-bond donors (Lipinski definition) is 0. The monoisotopic (exact) mass is 324 g/mol. The van der Waals surface area contributed by atoms with E-state index in [1.807, 2.05) is 20.8 Å². The predicted octanol–water partition coefficient (Wildman–Crippen LogP) is 5.30. The van der Waals surface area contributed by atoms with E-state index in [4.69, 9.17) is 4.74 Å². The highest BCUT2D eigenvalue weighted by atomic mass is 32.2. The SMILES string of the molecule is CC(C)CC(SCCCCC(C)(F)F)C(=O)OC(C)(C)C. The Balaban J connectivity index is 4.22. The summed E-state index contributed by atoms with van der Waals surface area (Å²) in [5, 5.41) is -0.202. The molecule has 0 aromatic heterocycles. The van der Waals surface area contributed by atoms with Gasteiger partial charge in [0.2, 0.25) is 5.92 Å². The molecule has 0 saturated heterocycles. The van der Waals surface area contributed by atoms with Gasteiger partial charge in [-0.15, -0.1) is 11.8 Å². The number of carbonyl (C=O) groups excluding carboxylic acids is 1. The normalized spacial score (nSPS) is 14.3. The molecule has 0 aromatic rings. The molecule has 126 valence electrons. The van der Waals surface area contributed by atoms with Crippen LogP contribution < -0.4 is 0 Å². The van der Waals surface area contributed by atoms with E-state index in [9.17, 15) is 13.6 Å². The van der Waals surface area contributed by atoms with Crippen LogP contribution in [0, 0.1) is 5.92 Å². The van der Waals surface area contributed by atoms with Gasteiger partial charge in [-0.1, -0.05) is 13.8 Å². The molecule has 21 heavy (non-hydrogen) atoms. The smallest absolute Gasteiger partial charge is 0.319 e.